The van der Waals surface area contributed by atoms with E-state index < -0.39 is 0 Å². The number of amides is 1. The third-order valence-electron chi connectivity index (χ3n) is 3.90. The van der Waals surface area contributed by atoms with Crippen molar-refractivity contribution in [2.45, 2.75) is 6.54 Å². The van der Waals surface area contributed by atoms with Gasteiger partial charge in [0.05, 0.1) is 31.6 Å². The Kier molecular flexibility index (Phi) is 4.37. The van der Waals surface area contributed by atoms with Gasteiger partial charge in [0, 0.05) is 13.6 Å². The summed E-state index contributed by atoms with van der Waals surface area (Å²) in [7, 11) is 5.01. The van der Waals surface area contributed by atoms with Crippen molar-refractivity contribution in [2.75, 3.05) is 14.2 Å². The molecule has 0 radical (unpaired) electrons. The maximum Gasteiger partial charge on any atom is 0.259 e. The van der Waals surface area contributed by atoms with E-state index in [4.69, 9.17) is 9.47 Å². The number of nitrogens with one attached hydrogen (secondary N) is 1. The molecule has 2 aromatic carbocycles. The highest BCUT2D eigenvalue weighted by molar-refractivity contribution is 5.99. The molecule has 0 aliphatic rings. The second-order valence-electron chi connectivity index (χ2n) is 5.40. The van der Waals surface area contributed by atoms with E-state index in [0.717, 1.165) is 16.6 Å². The standard InChI is InChI=1S/C18H19N3O3/c1-21-11-20-13-9-12(7-8-14(13)21)10-19-18(22)17-15(23-2)5-4-6-16(17)24-3/h4-9,11H,10H2,1-3H3,(H,19,22). The smallest absolute Gasteiger partial charge is 0.259 e. The van der Waals surface area contributed by atoms with Gasteiger partial charge in [-0.1, -0.05) is 12.1 Å². The molecule has 24 heavy (non-hydrogen) atoms. The van der Waals surface area contributed by atoms with Crippen LogP contribution in [0.25, 0.3) is 11.0 Å². The number of aromatic nitrogens is 2. The zero-order valence-electron chi connectivity index (χ0n) is 13.9. The van der Waals surface area contributed by atoms with Gasteiger partial charge in [-0.25, -0.2) is 4.98 Å². The highest BCUT2D eigenvalue weighted by Crippen LogP contribution is 2.28. The molecule has 1 amide bonds. The minimum Gasteiger partial charge on any atom is -0.496 e. The topological polar surface area (TPSA) is 65.4 Å². The lowest BCUT2D eigenvalue weighted by Gasteiger charge is -2.13. The molecule has 0 fully saturated rings. The van der Waals surface area contributed by atoms with Crippen molar-refractivity contribution in [3.63, 3.8) is 0 Å². The first-order chi connectivity index (χ1) is 11.6. The summed E-state index contributed by atoms with van der Waals surface area (Å²) < 4.78 is 12.5. The molecule has 0 aliphatic heterocycles. The van der Waals surface area contributed by atoms with Crippen molar-refractivity contribution >= 4 is 16.9 Å². The summed E-state index contributed by atoms with van der Waals surface area (Å²) in [6.07, 6.45) is 1.77. The van der Waals surface area contributed by atoms with Gasteiger partial charge in [-0.15, -0.1) is 0 Å². The van der Waals surface area contributed by atoms with Gasteiger partial charge in [0.1, 0.15) is 17.1 Å². The Morgan fingerprint density at radius 1 is 1.17 bits per heavy atom. The van der Waals surface area contributed by atoms with Crippen LogP contribution >= 0.6 is 0 Å². The second kappa shape index (κ2) is 6.62. The highest BCUT2D eigenvalue weighted by Gasteiger charge is 2.17. The van der Waals surface area contributed by atoms with Crippen LogP contribution in [0.15, 0.2) is 42.7 Å². The number of benzene rings is 2. The summed E-state index contributed by atoms with van der Waals surface area (Å²) in [4.78, 5) is 16.9. The van der Waals surface area contributed by atoms with Crippen molar-refractivity contribution < 1.29 is 14.3 Å². The summed E-state index contributed by atoms with van der Waals surface area (Å²) in [6.45, 7) is 0.395. The van der Waals surface area contributed by atoms with E-state index in [1.165, 1.54) is 14.2 Å². The molecule has 3 rings (SSSR count). The number of hydrogen-bond acceptors (Lipinski definition) is 4. The Bertz CT molecular complexity index is 864. The van der Waals surface area contributed by atoms with Crippen molar-refractivity contribution in [3.8, 4) is 11.5 Å². The highest BCUT2D eigenvalue weighted by atomic mass is 16.5. The third-order valence-corrected chi connectivity index (χ3v) is 3.90. The average Bonchev–Trinajstić information content (AvgIpc) is 2.99. The van der Waals surface area contributed by atoms with Crippen LogP contribution < -0.4 is 14.8 Å². The van der Waals surface area contributed by atoms with Gasteiger partial charge in [-0.3, -0.25) is 4.79 Å². The van der Waals surface area contributed by atoms with E-state index in [1.807, 2.05) is 29.8 Å². The van der Waals surface area contributed by atoms with Gasteiger partial charge in [-0.2, -0.15) is 0 Å². The minimum absolute atomic E-state index is 0.245. The maximum absolute atomic E-state index is 12.6. The van der Waals surface area contributed by atoms with Gasteiger partial charge in [0.25, 0.3) is 5.91 Å². The maximum atomic E-state index is 12.6. The number of methoxy groups -OCH3 is 2. The number of carbonyl (C=O) groups is 1. The fraction of sp³-hybridized carbons (Fsp3) is 0.222. The zero-order chi connectivity index (χ0) is 17.1. The second-order valence-corrected chi connectivity index (χ2v) is 5.40. The number of hydrogen-bond donors (Lipinski definition) is 1. The number of fused-ring (bicyclic) bond motifs is 1. The summed E-state index contributed by atoms with van der Waals surface area (Å²) in [5.41, 5.74) is 3.32. The van der Waals surface area contributed by atoms with Gasteiger partial charge in [0.2, 0.25) is 0 Å². The van der Waals surface area contributed by atoms with Crippen LogP contribution in [-0.4, -0.2) is 29.7 Å². The van der Waals surface area contributed by atoms with Crippen LogP contribution in [0.4, 0.5) is 0 Å². The van der Waals surface area contributed by atoms with Gasteiger partial charge >= 0.3 is 0 Å². The quantitative estimate of drug-likeness (QED) is 0.783. The van der Waals surface area contributed by atoms with Gasteiger partial charge in [0.15, 0.2) is 0 Å². The predicted molar refractivity (Wildman–Crippen MR) is 91.4 cm³/mol. The molecule has 0 atom stereocenters. The summed E-state index contributed by atoms with van der Waals surface area (Å²) in [6, 6.07) is 11.2. The molecule has 0 unspecified atom stereocenters. The molecular weight excluding hydrogens is 306 g/mol. The number of carbonyl (C=O) groups excluding carboxylic acids is 1. The van der Waals surface area contributed by atoms with Crippen LogP contribution in [0.3, 0.4) is 0 Å². The Hall–Kier alpha value is -3.02. The van der Waals surface area contributed by atoms with Crippen molar-refractivity contribution in [2.24, 2.45) is 7.05 Å². The Morgan fingerprint density at radius 2 is 1.88 bits per heavy atom. The molecule has 1 N–H and O–H groups in total. The molecular formula is C18H19N3O3. The van der Waals surface area contributed by atoms with Crippen molar-refractivity contribution in [3.05, 3.63) is 53.9 Å². The summed E-state index contributed by atoms with van der Waals surface area (Å²) in [5, 5.41) is 2.90. The van der Waals surface area contributed by atoms with E-state index in [0.29, 0.717) is 23.6 Å². The third kappa shape index (κ3) is 2.90. The van der Waals surface area contributed by atoms with Crippen LogP contribution in [-0.2, 0) is 13.6 Å². The minimum atomic E-state index is -0.245. The lowest BCUT2D eigenvalue weighted by molar-refractivity contribution is 0.0944. The first-order valence-corrected chi connectivity index (χ1v) is 7.53. The van der Waals surface area contributed by atoms with E-state index in [2.05, 4.69) is 10.3 Å². The predicted octanol–water partition coefficient (Wildman–Crippen LogP) is 2.52. The number of nitrogens with zero attached hydrogens (tertiary/aromatic N) is 2. The van der Waals surface area contributed by atoms with Crippen LogP contribution in [0, 0.1) is 0 Å². The molecule has 1 heterocycles. The molecule has 6 heteroatoms. The SMILES string of the molecule is COc1cccc(OC)c1C(=O)NCc1ccc2c(c1)ncn2C. The summed E-state index contributed by atoms with van der Waals surface area (Å²) in [5.74, 6) is 0.712. The lowest BCUT2D eigenvalue weighted by atomic mass is 10.1. The zero-order valence-corrected chi connectivity index (χ0v) is 13.9. The first kappa shape index (κ1) is 15.9. The molecule has 0 aliphatic carbocycles. The van der Waals surface area contributed by atoms with Crippen molar-refractivity contribution in [1.82, 2.24) is 14.9 Å². The first-order valence-electron chi connectivity index (χ1n) is 7.53. The molecule has 1 aromatic heterocycles. The lowest BCUT2D eigenvalue weighted by Crippen LogP contribution is -2.24. The van der Waals surface area contributed by atoms with Crippen LogP contribution in [0.2, 0.25) is 0 Å². The van der Waals surface area contributed by atoms with E-state index in [1.54, 1.807) is 24.5 Å². The number of imidazole rings is 1. The normalized spacial score (nSPS) is 10.6. The monoisotopic (exact) mass is 325 g/mol. The Labute approximate surface area is 140 Å². The fourth-order valence-corrected chi connectivity index (χ4v) is 2.64. The Balaban J connectivity index is 1.79. The van der Waals surface area contributed by atoms with E-state index in [9.17, 15) is 4.79 Å². The van der Waals surface area contributed by atoms with Gasteiger partial charge < -0.3 is 19.4 Å². The van der Waals surface area contributed by atoms with E-state index >= 15 is 0 Å². The summed E-state index contributed by atoms with van der Waals surface area (Å²) >= 11 is 0. The molecule has 0 saturated carbocycles. The fourth-order valence-electron chi connectivity index (χ4n) is 2.64. The largest absolute Gasteiger partial charge is 0.496 e. The number of aryl methyl sites for hydroxylation is 1. The molecule has 3 aromatic rings. The number of ether oxygens (including phenoxy) is 2. The molecule has 124 valence electrons. The molecule has 0 bridgehead atoms. The van der Waals surface area contributed by atoms with Crippen molar-refractivity contribution in [1.29, 1.82) is 0 Å². The molecule has 6 nitrogen and oxygen atoms in total. The average molecular weight is 325 g/mol. The van der Waals surface area contributed by atoms with Crippen LogP contribution in [0.5, 0.6) is 11.5 Å². The number of rotatable bonds is 5. The Morgan fingerprint density at radius 3 is 2.54 bits per heavy atom. The van der Waals surface area contributed by atoms with Crippen LogP contribution in [0.1, 0.15) is 15.9 Å². The molecule has 0 spiro atoms. The van der Waals surface area contributed by atoms with Gasteiger partial charge in [-0.05, 0) is 29.8 Å². The molecule has 0 saturated heterocycles. The van der Waals surface area contributed by atoms with E-state index in [-0.39, 0.29) is 5.91 Å².